The van der Waals surface area contributed by atoms with Gasteiger partial charge in [-0.1, -0.05) is 18.2 Å². The molecule has 1 atom stereocenters. The van der Waals surface area contributed by atoms with Crippen LogP contribution in [0.15, 0.2) is 88.9 Å². The second-order valence-corrected chi connectivity index (χ2v) is 10.8. The lowest BCUT2D eigenvalue weighted by Gasteiger charge is -2.23. The van der Waals surface area contributed by atoms with E-state index in [2.05, 4.69) is 15.8 Å². The van der Waals surface area contributed by atoms with Gasteiger partial charge in [-0.3, -0.25) is 13.9 Å². The van der Waals surface area contributed by atoms with Gasteiger partial charge in [-0.2, -0.15) is 5.10 Å². The molecule has 2 N–H and O–H groups in total. The Morgan fingerprint density at radius 2 is 1.75 bits per heavy atom. The van der Waals surface area contributed by atoms with Gasteiger partial charge >= 0.3 is 0 Å². The topological polar surface area (TPSA) is 126 Å². The predicted molar refractivity (Wildman–Crippen MR) is 147 cm³/mol. The van der Waals surface area contributed by atoms with Gasteiger partial charge in [0.2, 0.25) is 0 Å². The van der Waals surface area contributed by atoms with Crippen molar-refractivity contribution < 1.29 is 31.9 Å². The zero-order chi connectivity index (χ0) is 28.4. The molecule has 4 rings (SSSR count). The minimum absolute atomic E-state index is 0.0155. The summed E-state index contributed by atoms with van der Waals surface area (Å²) in [6.45, 7) is 0.471. The number of ether oxygens (including phenoxy) is 2. The van der Waals surface area contributed by atoms with Gasteiger partial charge < -0.3 is 14.8 Å². The van der Waals surface area contributed by atoms with Crippen molar-refractivity contribution in [3.05, 3.63) is 90.2 Å². The van der Waals surface area contributed by atoms with Gasteiger partial charge in [-0.25, -0.2) is 18.2 Å². The van der Waals surface area contributed by atoms with Crippen LogP contribution in [0.2, 0.25) is 0 Å². The first-order valence-electron chi connectivity index (χ1n) is 12.6. The molecule has 2 amide bonds. The molecule has 1 heterocycles. The molecule has 0 saturated carbocycles. The van der Waals surface area contributed by atoms with Crippen LogP contribution in [0.25, 0.3) is 0 Å². The molecule has 0 radical (unpaired) electrons. The Kier molecular flexibility index (Phi) is 9.81. The summed E-state index contributed by atoms with van der Waals surface area (Å²) in [5.41, 5.74) is 3.07. The van der Waals surface area contributed by atoms with Gasteiger partial charge in [0.1, 0.15) is 18.1 Å². The first kappa shape index (κ1) is 28.7. The smallest absolute Gasteiger partial charge is 0.264 e. The highest BCUT2D eigenvalue weighted by Crippen LogP contribution is 2.23. The molecule has 1 aliphatic rings. The van der Waals surface area contributed by atoms with Crippen LogP contribution >= 0.6 is 0 Å². The maximum Gasteiger partial charge on any atom is 0.264 e. The van der Waals surface area contributed by atoms with Crippen LogP contribution in [-0.2, 0) is 24.3 Å². The van der Waals surface area contributed by atoms with E-state index in [0.717, 1.165) is 35.9 Å². The highest BCUT2D eigenvalue weighted by Gasteiger charge is 2.27. The molecule has 0 aliphatic carbocycles. The number of nitrogens with zero attached hydrogens (tertiary/aromatic N) is 2. The molecule has 10 nitrogen and oxygen atoms in total. The van der Waals surface area contributed by atoms with Crippen molar-refractivity contribution in [3.8, 4) is 5.75 Å². The molecule has 0 unspecified atom stereocenters. The van der Waals surface area contributed by atoms with Gasteiger partial charge in [-0.05, 0) is 79.1 Å². The van der Waals surface area contributed by atoms with E-state index in [9.17, 15) is 22.4 Å². The molecule has 1 saturated heterocycles. The second-order valence-electron chi connectivity index (χ2n) is 8.89. The number of carbonyl (C=O) groups excluding carboxylic acids is 2. The Balaban J connectivity index is 1.31. The number of benzene rings is 3. The number of halogens is 1. The highest BCUT2D eigenvalue weighted by atomic mass is 32.2. The second kappa shape index (κ2) is 13.7. The third-order valence-electron chi connectivity index (χ3n) is 5.94. The zero-order valence-electron chi connectivity index (χ0n) is 21.5. The van der Waals surface area contributed by atoms with Gasteiger partial charge in [0.15, 0.2) is 6.61 Å². The van der Waals surface area contributed by atoms with E-state index in [-0.39, 0.29) is 29.2 Å². The number of carbonyl (C=O) groups is 2. The maximum atomic E-state index is 13.5. The average molecular weight is 569 g/mol. The van der Waals surface area contributed by atoms with Gasteiger partial charge in [0, 0.05) is 13.2 Å². The molecule has 0 aromatic heterocycles. The highest BCUT2D eigenvalue weighted by molar-refractivity contribution is 7.92. The number of amides is 2. The number of sulfonamides is 1. The molecule has 12 heteroatoms. The van der Waals surface area contributed by atoms with Crippen molar-refractivity contribution in [3.63, 3.8) is 0 Å². The summed E-state index contributed by atoms with van der Waals surface area (Å²) in [4.78, 5) is 24.6. The third-order valence-corrected chi connectivity index (χ3v) is 7.72. The first-order chi connectivity index (χ1) is 19.3. The Hall–Kier alpha value is -4.29. The largest absolute Gasteiger partial charge is 0.484 e. The minimum Gasteiger partial charge on any atom is -0.484 e. The Bertz CT molecular complexity index is 1410. The lowest BCUT2D eigenvalue weighted by atomic mass is 10.2. The molecule has 3 aromatic rings. The van der Waals surface area contributed by atoms with Crippen LogP contribution in [0.3, 0.4) is 0 Å². The number of hydrogen-bond acceptors (Lipinski definition) is 7. The lowest BCUT2D eigenvalue weighted by Crippen LogP contribution is -2.39. The van der Waals surface area contributed by atoms with E-state index in [1.165, 1.54) is 30.5 Å². The third kappa shape index (κ3) is 8.10. The predicted octanol–water partition coefficient (Wildman–Crippen LogP) is 2.85. The Labute approximate surface area is 231 Å². The van der Waals surface area contributed by atoms with Crippen LogP contribution < -0.4 is 19.8 Å². The van der Waals surface area contributed by atoms with Crippen LogP contribution in [0.4, 0.5) is 10.1 Å². The van der Waals surface area contributed by atoms with Gasteiger partial charge in [0.25, 0.3) is 21.8 Å². The standard InChI is InChI=1S/C28H29FN4O6S/c29-22-10-12-23(13-11-22)33(40(36,37)26-6-2-1-3-7-26)19-27(34)32-31-17-21-8-14-24(15-9-21)39-20-28(35)30-18-25-5-4-16-38-25/h1-3,6-15,17,25H,4-5,16,18-20H2,(H,30,35)(H,32,34)/b31-17-/t25-/m0/s1. The van der Waals surface area contributed by atoms with Crippen molar-refractivity contribution in [2.45, 2.75) is 23.8 Å². The minimum atomic E-state index is -4.11. The number of anilines is 1. The summed E-state index contributed by atoms with van der Waals surface area (Å²) in [6.07, 6.45) is 3.37. The molecule has 1 aliphatic heterocycles. The maximum absolute atomic E-state index is 13.5. The first-order valence-corrected chi connectivity index (χ1v) is 14.0. The van der Waals surface area contributed by atoms with Crippen LogP contribution in [0, 0.1) is 5.82 Å². The summed E-state index contributed by atoms with van der Waals surface area (Å²) in [7, 11) is -4.11. The van der Waals surface area contributed by atoms with Crippen LogP contribution in [-0.4, -0.2) is 58.9 Å². The summed E-state index contributed by atoms with van der Waals surface area (Å²) in [6, 6.07) is 19.1. The molecule has 0 spiro atoms. The fraction of sp³-hybridized carbons (Fsp3) is 0.250. The number of hydrogen-bond donors (Lipinski definition) is 2. The molecule has 0 bridgehead atoms. The fourth-order valence-corrected chi connectivity index (χ4v) is 5.31. The van der Waals surface area contributed by atoms with E-state index in [0.29, 0.717) is 17.9 Å². The van der Waals surface area contributed by atoms with Crippen molar-refractivity contribution >= 4 is 33.7 Å². The van der Waals surface area contributed by atoms with Crippen molar-refractivity contribution in [1.29, 1.82) is 0 Å². The van der Waals surface area contributed by atoms with Crippen LogP contribution in [0.5, 0.6) is 5.75 Å². The summed E-state index contributed by atoms with van der Waals surface area (Å²) >= 11 is 0. The summed E-state index contributed by atoms with van der Waals surface area (Å²) in [5.74, 6) is -1.000. The average Bonchev–Trinajstić information content (AvgIpc) is 3.49. The zero-order valence-corrected chi connectivity index (χ0v) is 22.3. The SMILES string of the molecule is O=C(COc1ccc(/C=N\NC(=O)CN(c2ccc(F)cc2)S(=O)(=O)c2ccccc2)cc1)NC[C@@H]1CCCO1. The summed E-state index contributed by atoms with van der Waals surface area (Å²) in [5, 5.41) is 6.68. The lowest BCUT2D eigenvalue weighted by molar-refractivity contribution is -0.123. The van der Waals surface area contributed by atoms with E-state index >= 15 is 0 Å². The van der Waals surface area contributed by atoms with Crippen LogP contribution in [0.1, 0.15) is 18.4 Å². The van der Waals surface area contributed by atoms with Gasteiger partial charge in [-0.15, -0.1) is 0 Å². The molecule has 1 fully saturated rings. The Morgan fingerprint density at radius 3 is 2.42 bits per heavy atom. The molecular weight excluding hydrogens is 539 g/mol. The van der Waals surface area contributed by atoms with Crippen molar-refractivity contribution in [1.82, 2.24) is 10.7 Å². The number of rotatable bonds is 12. The monoisotopic (exact) mass is 568 g/mol. The van der Waals surface area contributed by atoms with E-state index in [1.54, 1.807) is 42.5 Å². The van der Waals surface area contributed by atoms with E-state index in [4.69, 9.17) is 9.47 Å². The molecule has 40 heavy (non-hydrogen) atoms. The molecule has 210 valence electrons. The quantitative estimate of drug-likeness (QED) is 0.256. The molecule has 3 aromatic carbocycles. The van der Waals surface area contributed by atoms with E-state index < -0.39 is 28.3 Å². The molecular formula is C28H29FN4O6S. The van der Waals surface area contributed by atoms with Crippen molar-refractivity contribution in [2.24, 2.45) is 5.10 Å². The normalized spacial score (nSPS) is 15.1. The van der Waals surface area contributed by atoms with Crippen molar-refractivity contribution in [2.75, 3.05) is 30.6 Å². The number of hydrazone groups is 1. The Morgan fingerprint density at radius 1 is 1.02 bits per heavy atom. The summed E-state index contributed by atoms with van der Waals surface area (Å²) < 4.78 is 51.8. The number of nitrogens with one attached hydrogen (secondary N) is 2. The fourth-order valence-electron chi connectivity index (χ4n) is 3.87. The van der Waals surface area contributed by atoms with E-state index in [1.807, 2.05) is 0 Å². The van der Waals surface area contributed by atoms with Gasteiger partial charge in [0.05, 0.1) is 22.9 Å².